The normalized spacial score (nSPS) is 11.8. The Morgan fingerprint density at radius 1 is 1.29 bits per heavy atom. The molecular weight excluding hydrogens is 313 g/mol. The third-order valence-electron chi connectivity index (χ3n) is 2.83. The van der Waals surface area contributed by atoms with Crippen molar-refractivity contribution in [3.63, 3.8) is 0 Å². The summed E-state index contributed by atoms with van der Waals surface area (Å²) in [5, 5.41) is 8.98. The van der Waals surface area contributed by atoms with E-state index in [4.69, 9.17) is 23.2 Å². The molecule has 0 heterocycles. The van der Waals surface area contributed by atoms with Crippen LogP contribution < -0.4 is 16.0 Å². The number of rotatable bonds is 6. The molecular formula is C14H19Cl2N3O2. The number of hydrogen-bond acceptors (Lipinski definition) is 3. The highest BCUT2D eigenvalue weighted by molar-refractivity contribution is 6.35. The number of hydrogen-bond donors (Lipinski definition) is 3. The number of nitrogens with one attached hydrogen (secondary N) is 3. The molecule has 7 heteroatoms. The Morgan fingerprint density at radius 3 is 2.62 bits per heavy atom. The number of halogens is 2. The van der Waals surface area contributed by atoms with Crippen molar-refractivity contribution in [1.82, 2.24) is 16.0 Å². The zero-order chi connectivity index (χ0) is 15.8. The van der Waals surface area contributed by atoms with Gasteiger partial charge >= 0.3 is 6.03 Å². The van der Waals surface area contributed by atoms with Crippen molar-refractivity contribution < 1.29 is 9.59 Å². The summed E-state index contributed by atoms with van der Waals surface area (Å²) in [5.41, 5.74) is 0.949. The van der Waals surface area contributed by atoms with Crippen LogP contribution in [-0.2, 0) is 11.2 Å². The summed E-state index contributed by atoms with van der Waals surface area (Å²) >= 11 is 11.9. The highest BCUT2D eigenvalue weighted by atomic mass is 35.5. The number of amides is 3. The lowest BCUT2D eigenvalue weighted by Gasteiger charge is -2.14. The third kappa shape index (κ3) is 6.33. The van der Waals surface area contributed by atoms with Crippen LogP contribution in [0.2, 0.25) is 10.0 Å². The Hall–Kier alpha value is -1.30. The second-order valence-corrected chi connectivity index (χ2v) is 5.35. The van der Waals surface area contributed by atoms with E-state index in [0.29, 0.717) is 29.6 Å². The first-order chi connectivity index (χ1) is 9.93. The van der Waals surface area contributed by atoms with Gasteiger partial charge in [-0.15, -0.1) is 0 Å². The number of imide groups is 1. The van der Waals surface area contributed by atoms with Gasteiger partial charge in [0.15, 0.2) is 0 Å². The highest BCUT2D eigenvalue weighted by Gasteiger charge is 2.14. The second kappa shape index (κ2) is 8.87. The zero-order valence-corrected chi connectivity index (χ0v) is 13.5. The minimum atomic E-state index is -0.489. The predicted octanol–water partition coefficient (Wildman–Crippen LogP) is 2.36. The van der Waals surface area contributed by atoms with Crippen LogP contribution in [0.5, 0.6) is 0 Å². The van der Waals surface area contributed by atoms with Gasteiger partial charge in [-0.25, -0.2) is 4.79 Å². The van der Waals surface area contributed by atoms with Gasteiger partial charge in [0.1, 0.15) is 0 Å². The van der Waals surface area contributed by atoms with Gasteiger partial charge in [0, 0.05) is 16.6 Å². The largest absolute Gasteiger partial charge is 0.338 e. The van der Waals surface area contributed by atoms with Crippen molar-refractivity contribution in [3.05, 3.63) is 33.8 Å². The van der Waals surface area contributed by atoms with Gasteiger partial charge < -0.3 is 10.6 Å². The summed E-state index contributed by atoms with van der Waals surface area (Å²) in [6, 6.07) is 4.35. The molecule has 1 unspecified atom stereocenters. The summed E-state index contributed by atoms with van der Waals surface area (Å²) in [7, 11) is 0. The Balaban J connectivity index is 2.37. The van der Waals surface area contributed by atoms with Gasteiger partial charge in [-0.3, -0.25) is 10.1 Å². The molecule has 0 fully saturated rings. The van der Waals surface area contributed by atoms with Crippen LogP contribution in [0, 0.1) is 0 Å². The molecule has 0 aliphatic carbocycles. The average molecular weight is 332 g/mol. The van der Waals surface area contributed by atoms with E-state index in [9.17, 15) is 9.59 Å². The van der Waals surface area contributed by atoms with Gasteiger partial charge in [-0.05, 0) is 44.5 Å². The smallest absolute Gasteiger partial charge is 0.321 e. The van der Waals surface area contributed by atoms with Crippen molar-refractivity contribution in [3.8, 4) is 0 Å². The maximum Gasteiger partial charge on any atom is 0.321 e. The van der Waals surface area contributed by atoms with Crippen LogP contribution in [0.25, 0.3) is 0 Å². The van der Waals surface area contributed by atoms with Crippen LogP contribution in [0.3, 0.4) is 0 Å². The third-order valence-corrected chi connectivity index (χ3v) is 3.41. The molecule has 1 aromatic carbocycles. The van der Waals surface area contributed by atoms with E-state index in [0.717, 1.165) is 5.56 Å². The molecule has 1 atom stereocenters. The minimum absolute atomic E-state index is 0.372. The van der Waals surface area contributed by atoms with E-state index >= 15 is 0 Å². The Kier molecular flexibility index (Phi) is 7.50. The van der Waals surface area contributed by atoms with E-state index in [2.05, 4.69) is 16.0 Å². The standard InChI is InChI=1S/C14H19Cl2N3O2/c1-3-17-14(21)19-13(20)9(2)18-7-6-10-4-5-11(15)8-12(10)16/h4-5,8-9,18H,3,6-7H2,1-2H3,(H2,17,19,20,21). The van der Waals surface area contributed by atoms with Crippen molar-refractivity contribution >= 4 is 35.1 Å². The summed E-state index contributed by atoms with van der Waals surface area (Å²) < 4.78 is 0. The van der Waals surface area contributed by atoms with Crippen LogP contribution >= 0.6 is 23.2 Å². The average Bonchev–Trinajstić information content (AvgIpc) is 2.41. The molecule has 0 saturated carbocycles. The first-order valence-corrected chi connectivity index (χ1v) is 7.45. The maximum atomic E-state index is 11.7. The van der Waals surface area contributed by atoms with Crippen molar-refractivity contribution in [2.24, 2.45) is 0 Å². The lowest BCUT2D eigenvalue weighted by atomic mass is 10.1. The number of benzene rings is 1. The monoisotopic (exact) mass is 331 g/mol. The Bertz CT molecular complexity index is 509. The van der Waals surface area contributed by atoms with Gasteiger partial charge in [-0.2, -0.15) is 0 Å². The number of urea groups is 1. The molecule has 0 bridgehead atoms. The quantitative estimate of drug-likeness (QED) is 0.749. The maximum absolute atomic E-state index is 11.7. The van der Waals surface area contributed by atoms with E-state index < -0.39 is 12.1 Å². The van der Waals surface area contributed by atoms with Gasteiger partial charge in [0.05, 0.1) is 6.04 Å². The number of carbonyl (C=O) groups is 2. The van der Waals surface area contributed by atoms with E-state index in [1.807, 2.05) is 6.07 Å². The summed E-state index contributed by atoms with van der Waals surface area (Å²) in [4.78, 5) is 22.9. The molecule has 0 aromatic heterocycles. The van der Waals surface area contributed by atoms with Crippen LogP contribution in [0.4, 0.5) is 4.79 Å². The molecule has 1 rings (SSSR count). The fourth-order valence-electron chi connectivity index (χ4n) is 1.67. The lowest BCUT2D eigenvalue weighted by Crippen LogP contribution is -2.48. The molecule has 3 N–H and O–H groups in total. The topological polar surface area (TPSA) is 70.2 Å². The minimum Gasteiger partial charge on any atom is -0.338 e. The molecule has 0 saturated heterocycles. The van der Waals surface area contributed by atoms with Crippen molar-refractivity contribution in [2.75, 3.05) is 13.1 Å². The zero-order valence-electron chi connectivity index (χ0n) is 12.0. The molecule has 5 nitrogen and oxygen atoms in total. The molecule has 0 aliphatic heterocycles. The Labute approximate surface area is 134 Å². The molecule has 21 heavy (non-hydrogen) atoms. The van der Waals surface area contributed by atoms with Gasteiger partial charge in [0.2, 0.25) is 5.91 Å². The van der Waals surface area contributed by atoms with E-state index in [-0.39, 0.29) is 5.91 Å². The molecule has 116 valence electrons. The SMILES string of the molecule is CCNC(=O)NC(=O)C(C)NCCc1ccc(Cl)cc1Cl. The second-order valence-electron chi connectivity index (χ2n) is 4.51. The summed E-state index contributed by atoms with van der Waals surface area (Å²) in [6.45, 7) is 4.50. The molecule has 0 spiro atoms. The molecule has 0 radical (unpaired) electrons. The predicted molar refractivity (Wildman–Crippen MR) is 84.8 cm³/mol. The van der Waals surface area contributed by atoms with Crippen molar-refractivity contribution in [2.45, 2.75) is 26.3 Å². The molecule has 3 amide bonds. The molecule has 1 aromatic rings. The fourth-order valence-corrected chi connectivity index (χ4v) is 2.17. The number of carbonyl (C=O) groups excluding carboxylic acids is 2. The van der Waals surface area contributed by atoms with E-state index in [1.165, 1.54) is 0 Å². The first-order valence-electron chi connectivity index (χ1n) is 6.70. The van der Waals surface area contributed by atoms with Crippen LogP contribution in [0.1, 0.15) is 19.4 Å². The Morgan fingerprint density at radius 2 is 2.00 bits per heavy atom. The van der Waals surface area contributed by atoms with Crippen molar-refractivity contribution in [1.29, 1.82) is 0 Å². The first kappa shape index (κ1) is 17.8. The summed E-state index contributed by atoms with van der Waals surface area (Å²) in [6.07, 6.45) is 0.661. The summed E-state index contributed by atoms with van der Waals surface area (Å²) in [5.74, 6) is -0.372. The highest BCUT2D eigenvalue weighted by Crippen LogP contribution is 2.21. The van der Waals surface area contributed by atoms with Crippen LogP contribution in [-0.4, -0.2) is 31.1 Å². The molecule has 0 aliphatic rings. The fraction of sp³-hybridized carbons (Fsp3) is 0.429. The van der Waals surface area contributed by atoms with Crippen LogP contribution in [0.15, 0.2) is 18.2 Å². The van der Waals surface area contributed by atoms with Gasteiger partial charge in [0.25, 0.3) is 0 Å². The van der Waals surface area contributed by atoms with E-state index in [1.54, 1.807) is 26.0 Å². The lowest BCUT2D eigenvalue weighted by molar-refractivity contribution is -0.121. The van der Waals surface area contributed by atoms with Gasteiger partial charge in [-0.1, -0.05) is 29.3 Å².